The normalized spacial score (nSPS) is 10.6. The van der Waals surface area contributed by atoms with Crippen LogP contribution in [-0.4, -0.2) is 15.9 Å². The third-order valence-corrected chi connectivity index (χ3v) is 5.47. The van der Waals surface area contributed by atoms with E-state index < -0.39 is 5.97 Å². The Morgan fingerprint density at radius 2 is 2.00 bits per heavy atom. The molecule has 27 heavy (non-hydrogen) atoms. The number of pyridine rings is 1. The number of esters is 1. The summed E-state index contributed by atoms with van der Waals surface area (Å²) < 4.78 is 5.96. The number of nitrogens with one attached hydrogen (secondary N) is 1. The number of rotatable bonds is 5. The van der Waals surface area contributed by atoms with Gasteiger partial charge in [-0.1, -0.05) is 23.7 Å². The van der Waals surface area contributed by atoms with Gasteiger partial charge in [-0.05, 0) is 36.4 Å². The van der Waals surface area contributed by atoms with Crippen LogP contribution < -0.4 is 10.1 Å². The van der Waals surface area contributed by atoms with E-state index in [4.69, 9.17) is 16.3 Å². The van der Waals surface area contributed by atoms with E-state index in [1.54, 1.807) is 36.5 Å². The second kappa shape index (κ2) is 7.87. The summed E-state index contributed by atoms with van der Waals surface area (Å²) in [4.78, 5) is 21.4. The Balaban J connectivity index is 1.47. The van der Waals surface area contributed by atoms with E-state index in [2.05, 4.69) is 15.3 Å². The minimum absolute atomic E-state index is 0.435. The topological polar surface area (TPSA) is 64.1 Å². The Hall–Kier alpha value is -2.74. The monoisotopic (exact) mass is 413 g/mol. The number of halogens is 1. The van der Waals surface area contributed by atoms with Gasteiger partial charge in [0.1, 0.15) is 16.3 Å². The first kappa shape index (κ1) is 17.7. The molecule has 3 heterocycles. The number of benzene rings is 1. The average molecular weight is 414 g/mol. The molecule has 0 spiro atoms. The Morgan fingerprint density at radius 3 is 2.78 bits per heavy atom. The average Bonchev–Trinajstić information content (AvgIpc) is 3.32. The number of carbonyl (C=O) groups excluding carboxylic acids is 1. The van der Waals surface area contributed by atoms with Crippen molar-refractivity contribution in [1.82, 2.24) is 9.97 Å². The first-order valence-corrected chi connectivity index (χ1v) is 9.96. The van der Waals surface area contributed by atoms with Gasteiger partial charge >= 0.3 is 5.97 Å². The van der Waals surface area contributed by atoms with Gasteiger partial charge in [-0.15, -0.1) is 22.7 Å². The predicted molar refractivity (Wildman–Crippen MR) is 109 cm³/mol. The lowest BCUT2D eigenvalue weighted by atomic mass is 10.3. The van der Waals surface area contributed by atoms with E-state index in [1.165, 1.54) is 22.7 Å². The van der Waals surface area contributed by atoms with Crippen molar-refractivity contribution in [3.63, 3.8) is 0 Å². The number of hydrogen-bond acceptors (Lipinski definition) is 7. The van der Waals surface area contributed by atoms with Crippen molar-refractivity contribution in [2.24, 2.45) is 0 Å². The number of thiophene rings is 1. The van der Waals surface area contributed by atoms with E-state index in [0.29, 0.717) is 15.0 Å². The predicted octanol–water partition coefficient (Wildman–Crippen LogP) is 5.88. The Labute approximate surface area is 168 Å². The summed E-state index contributed by atoms with van der Waals surface area (Å²) >= 11 is 8.52. The third kappa shape index (κ3) is 4.33. The number of carbonyl (C=O) groups is 1. The summed E-state index contributed by atoms with van der Waals surface area (Å²) in [5.41, 5.74) is 2.39. The van der Waals surface area contributed by atoms with Crippen LogP contribution in [0.3, 0.4) is 0 Å². The molecule has 0 fully saturated rings. The van der Waals surface area contributed by atoms with Crippen molar-refractivity contribution in [3.8, 4) is 17.1 Å². The highest BCUT2D eigenvalue weighted by molar-refractivity contribution is 7.17. The molecule has 8 heteroatoms. The van der Waals surface area contributed by atoms with Gasteiger partial charge < -0.3 is 10.1 Å². The van der Waals surface area contributed by atoms with Crippen LogP contribution in [0.4, 0.5) is 10.8 Å². The second-order valence-electron chi connectivity index (χ2n) is 5.40. The molecule has 0 bridgehead atoms. The van der Waals surface area contributed by atoms with Crippen LogP contribution in [0, 0.1) is 0 Å². The minimum Gasteiger partial charge on any atom is -0.422 e. The molecular weight excluding hydrogens is 402 g/mol. The van der Waals surface area contributed by atoms with E-state index in [1.807, 2.05) is 29.6 Å². The van der Waals surface area contributed by atoms with Crippen LogP contribution in [0.1, 0.15) is 9.67 Å². The Morgan fingerprint density at radius 1 is 1.07 bits per heavy atom. The molecule has 1 aromatic carbocycles. The van der Waals surface area contributed by atoms with Gasteiger partial charge in [0.15, 0.2) is 5.13 Å². The highest BCUT2D eigenvalue weighted by Crippen LogP contribution is 2.28. The number of hydrogen-bond donors (Lipinski definition) is 1. The SMILES string of the molecule is O=C(Oc1cccc(Nc2nc(-c3ccccn3)cs2)c1)c1ccc(Cl)s1. The first-order valence-electron chi connectivity index (χ1n) is 7.89. The van der Waals surface area contributed by atoms with Gasteiger partial charge in [0.25, 0.3) is 0 Å². The zero-order chi connectivity index (χ0) is 18.6. The largest absolute Gasteiger partial charge is 0.422 e. The van der Waals surface area contributed by atoms with Crippen molar-refractivity contribution in [3.05, 3.63) is 75.4 Å². The third-order valence-electron chi connectivity index (χ3n) is 3.50. The highest BCUT2D eigenvalue weighted by Gasteiger charge is 2.12. The zero-order valence-corrected chi connectivity index (χ0v) is 16.1. The molecule has 0 aliphatic carbocycles. The van der Waals surface area contributed by atoms with Crippen molar-refractivity contribution in [2.75, 3.05) is 5.32 Å². The molecule has 5 nitrogen and oxygen atoms in total. The molecule has 0 saturated carbocycles. The summed E-state index contributed by atoms with van der Waals surface area (Å²) in [6.45, 7) is 0. The molecule has 4 aromatic rings. The number of anilines is 2. The van der Waals surface area contributed by atoms with Crippen LogP contribution in [0.2, 0.25) is 4.34 Å². The van der Waals surface area contributed by atoms with Gasteiger partial charge in [-0.3, -0.25) is 4.98 Å². The molecule has 134 valence electrons. The van der Waals surface area contributed by atoms with Crippen LogP contribution >= 0.6 is 34.3 Å². The molecule has 0 amide bonds. The van der Waals surface area contributed by atoms with Crippen LogP contribution in [0.15, 0.2) is 66.2 Å². The molecule has 0 aliphatic heterocycles. The molecule has 0 unspecified atom stereocenters. The number of ether oxygens (including phenoxy) is 1. The van der Waals surface area contributed by atoms with Gasteiger partial charge in [0, 0.05) is 23.3 Å². The number of thiazole rings is 1. The quantitative estimate of drug-likeness (QED) is 0.327. The fourth-order valence-electron chi connectivity index (χ4n) is 2.31. The maximum absolute atomic E-state index is 12.1. The standard InChI is InChI=1S/C19H12ClN3O2S2/c20-17-8-7-16(27-17)18(24)25-13-5-3-4-12(10-13)22-19-23-15(11-26-19)14-6-1-2-9-21-14/h1-11H,(H,22,23). The van der Waals surface area contributed by atoms with Crippen molar-refractivity contribution in [1.29, 1.82) is 0 Å². The summed E-state index contributed by atoms with van der Waals surface area (Å²) in [5, 5.41) is 5.89. The van der Waals surface area contributed by atoms with E-state index >= 15 is 0 Å². The summed E-state index contributed by atoms with van der Waals surface area (Å²) in [6, 6.07) is 16.2. The van der Waals surface area contributed by atoms with Gasteiger partial charge in [0.2, 0.25) is 0 Å². The summed E-state index contributed by atoms with van der Waals surface area (Å²) in [6.07, 6.45) is 1.74. The minimum atomic E-state index is -0.435. The Bertz CT molecular complexity index is 1080. The lowest BCUT2D eigenvalue weighted by Gasteiger charge is -2.06. The molecule has 0 radical (unpaired) electrons. The van der Waals surface area contributed by atoms with Crippen LogP contribution in [0.5, 0.6) is 5.75 Å². The van der Waals surface area contributed by atoms with Crippen LogP contribution in [-0.2, 0) is 0 Å². The zero-order valence-electron chi connectivity index (χ0n) is 13.8. The van der Waals surface area contributed by atoms with Gasteiger partial charge in [-0.25, -0.2) is 9.78 Å². The smallest absolute Gasteiger partial charge is 0.353 e. The summed E-state index contributed by atoms with van der Waals surface area (Å²) in [5.74, 6) is 0.00626. The van der Waals surface area contributed by atoms with E-state index in [-0.39, 0.29) is 0 Å². The lowest BCUT2D eigenvalue weighted by Crippen LogP contribution is -2.06. The van der Waals surface area contributed by atoms with Gasteiger partial charge in [0.05, 0.1) is 10.0 Å². The van der Waals surface area contributed by atoms with E-state index in [9.17, 15) is 4.79 Å². The molecule has 3 aromatic heterocycles. The van der Waals surface area contributed by atoms with Gasteiger partial charge in [-0.2, -0.15) is 0 Å². The highest BCUT2D eigenvalue weighted by atomic mass is 35.5. The van der Waals surface area contributed by atoms with Crippen LogP contribution in [0.25, 0.3) is 11.4 Å². The molecular formula is C19H12ClN3O2S2. The fourth-order valence-corrected chi connectivity index (χ4v) is 3.95. The molecule has 0 atom stereocenters. The molecule has 0 aliphatic rings. The lowest BCUT2D eigenvalue weighted by molar-refractivity contribution is 0.0740. The maximum Gasteiger partial charge on any atom is 0.353 e. The fraction of sp³-hybridized carbons (Fsp3) is 0. The molecule has 1 N–H and O–H groups in total. The van der Waals surface area contributed by atoms with E-state index in [0.717, 1.165) is 22.2 Å². The van der Waals surface area contributed by atoms with Crippen molar-refractivity contribution >= 4 is 51.1 Å². The molecule has 0 saturated heterocycles. The number of aromatic nitrogens is 2. The Kier molecular flexibility index (Phi) is 5.15. The second-order valence-corrected chi connectivity index (χ2v) is 7.97. The van der Waals surface area contributed by atoms with Crippen molar-refractivity contribution in [2.45, 2.75) is 0 Å². The summed E-state index contributed by atoms with van der Waals surface area (Å²) in [7, 11) is 0. The maximum atomic E-state index is 12.1. The first-order chi connectivity index (χ1) is 13.2. The van der Waals surface area contributed by atoms with Crippen molar-refractivity contribution < 1.29 is 9.53 Å². The number of nitrogens with zero attached hydrogens (tertiary/aromatic N) is 2. The molecule has 4 rings (SSSR count).